The van der Waals surface area contributed by atoms with Gasteiger partial charge in [-0.3, -0.25) is 9.59 Å². The van der Waals surface area contributed by atoms with E-state index in [0.717, 1.165) is 18.4 Å². The highest BCUT2D eigenvalue weighted by molar-refractivity contribution is 6.00. The minimum Gasteiger partial charge on any atom is -0.359 e. The summed E-state index contributed by atoms with van der Waals surface area (Å²) in [6.07, 6.45) is 6.70. The fourth-order valence-electron chi connectivity index (χ4n) is 3.19. The fraction of sp³-hybridized carbons (Fsp3) is 0.500. The molecule has 2 aromatic heterocycles. The second-order valence-electron chi connectivity index (χ2n) is 6.43. The number of aryl methyl sites for hydroxylation is 1. The minimum atomic E-state index is -0.546. The van der Waals surface area contributed by atoms with E-state index in [-0.39, 0.29) is 11.8 Å². The Balaban J connectivity index is 1.88. The molecule has 0 aromatic carbocycles. The standard InChI is InChI=1S/C16H21N5O2/c1-11-7-18-13-12(8-19-21(13)9-11)14(22)20-6-4-5-16(2,10-20)15(23)17-3/h7-9H,4-6,10H2,1-3H3,(H,17,23). The van der Waals surface area contributed by atoms with Crippen molar-refractivity contribution in [3.63, 3.8) is 0 Å². The van der Waals surface area contributed by atoms with Crippen LogP contribution in [0.15, 0.2) is 18.6 Å². The Morgan fingerprint density at radius 2 is 2.13 bits per heavy atom. The molecule has 2 amide bonds. The van der Waals surface area contributed by atoms with Gasteiger partial charge in [-0.2, -0.15) is 5.10 Å². The van der Waals surface area contributed by atoms with E-state index in [2.05, 4.69) is 15.4 Å². The molecule has 0 saturated carbocycles. The largest absolute Gasteiger partial charge is 0.359 e. The molecule has 0 aliphatic carbocycles. The molecule has 1 unspecified atom stereocenters. The van der Waals surface area contributed by atoms with Crippen LogP contribution >= 0.6 is 0 Å². The van der Waals surface area contributed by atoms with Crippen LogP contribution < -0.4 is 5.32 Å². The maximum atomic E-state index is 12.9. The molecule has 1 saturated heterocycles. The molecule has 7 heteroatoms. The maximum Gasteiger partial charge on any atom is 0.259 e. The Labute approximate surface area is 134 Å². The molecule has 122 valence electrons. The molecule has 0 radical (unpaired) electrons. The first kappa shape index (κ1) is 15.5. The average Bonchev–Trinajstić information content (AvgIpc) is 2.96. The molecular weight excluding hydrogens is 294 g/mol. The van der Waals surface area contributed by atoms with Crippen LogP contribution in [0.4, 0.5) is 0 Å². The highest BCUT2D eigenvalue weighted by Crippen LogP contribution is 2.30. The SMILES string of the molecule is CNC(=O)C1(C)CCCN(C(=O)c2cnn3cc(C)cnc23)C1. The van der Waals surface area contributed by atoms with Crippen LogP contribution in [0, 0.1) is 12.3 Å². The molecule has 0 bridgehead atoms. The summed E-state index contributed by atoms with van der Waals surface area (Å²) in [7, 11) is 1.63. The molecule has 1 aliphatic heterocycles. The first-order valence-electron chi connectivity index (χ1n) is 7.76. The van der Waals surface area contributed by atoms with Crippen molar-refractivity contribution in [2.24, 2.45) is 5.41 Å². The van der Waals surface area contributed by atoms with E-state index in [9.17, 15) is 9.59 Å². The molecule has 1 fully saturated rings. The lowest BCUT2D eigenvalue weighted by Gasteiger charge is -2.38. The number of nitrogens with one attached hydrogen (secondary N) is 1. The van der Waals surface area contributed by atoms with E-state index >= 15 is 0 Å². The number of aromatic nitrogens is 3. The van der Waals surface area contributed by atoms with Crippen LogP contribution in [-0.2, 0) is 4.79 Å². The van der Waals surface area contributed by atoms with Crippen molar-refractivity contribution in [1.29, 1.82) is 0 Å². The lowest BCUT2D eigenvalue weighted by atomic mass is 9.81. The van der Waals surface area contributed by atoms with Crippen LogP contribution in [-0.4, -0.2) is 51.4 Å². The second kappa shape index (κ2) is 5.64. The smallest absolute Gasteiger partial charge is 0.259 e. The summed E-state index contributed by atoms with van der Waals surface area (Å²) in [6.45, 7) is 4.89. The van der Waals surface area contributed by atoms with Gasteiger partial charge in [0.25, 0.3) is 5.91 Å². The van der Waals surface area contributed by atoms with E-state index in [1.807, 2.05) is 20.0 Å². The highest BCUT2D eigenvalue weighted by Gasteiger charge is 2.39. The molecule has 1 aliphatic rings. The fourth-order valence-corrected chi connectivity index (χ4v) is 3.19. The highest BCUT2D eigenvalue weighted by atomic mass is 16.2. The zero-order chi connectivity index (χ0) is 16.6. The van der Waals surface area contributed by atoms with Crippen molar-refractivity contribution in [2.45, 2.75) is 26.7 Å². The monoisotopic (exact) mass is 315 g/mol. The van der Waals surface area contributed by atoms with Gasteiger partial charge in [0.1, 0.15) is 5.56 Å². The number of nitrogens with zero attached hydrogens (tertiary/aromatic N) is 4. The summed E-state index contributed by atoms with van der Waals surface area (Å²) in [5.74, 6) is -0.144. The quantitative estimate of drug-likeness (QED) is 0.897. The maximum absolute atomic E-state index is 12.9. The van der Waals surface area contributed by atoms with Crippen molar-refractivity contribution in [3.8, 4) is 0 Å². The van der Waals surface area contributed by atoms with E-state index in [0.29, 0.717) is 24.3 Å². The number of amides is 2. The topological polar surface area (TPSA) is 79.6 Å². The Kier molecular flexibility index (Phi) is 3.79. The number of fused-ring (bicyclic) bond motifs is 1. The Morgan fingerprint density at radius 1 is 1.35 bits per heavy atom. The van der Waals surface area contributed by atoms with Crippen molar-refractivity contribution >= 4 is 17.5 Å². The lowest BCUT2D eigenvalue weighted by molar-refractivity contribution is -0.132. The summed E-state index contributed by atoms with van der Waals surface area (Å²) < 4.78 is 1.62. The first-order valence-corrected chi connectivity index (χ1v) is 7.76. The average molecular weight is 315 g/mol. The summed E-state index contributed by atoms with van der Waals surface area (Å²) in [6, 6.07) is 0. The van der Waals surface area contributed by atoms with Gasteiger partial charge in [-0.15, -0.1) is 0 Å². The van der Waals surface area contributed by atoms with E-state index < -0.39 is 5.41 Å². The van der Waals surface area contributed by atoms with Crippen LogP contribution in [0.2, 0.25) is 0 Å². The van der Waals surface area contributed by atoms with Gasteiger partial charge in [0.15, 0.2) is 5.65 Å². The molecule has 3 rings (SSSR count). The zero-order valence-electron chi connectivity index (χ0n) is 13.7. The van der Waals surface area contributed by atoms with Crippen molar-refractivity contribution < 1.29 is 9.59 Å². The van der Waals surface area contributed by atoms with Crippen molar-refractivity contribution in [1.82, 2.24) is 24.8 Å². The van der Waals surface area contributed by atoms with Gasteiger partial charge in [-0.25, -0.2) is 9.50 Å². The number of likely N-dealkylation sites (tertiary alicyclic amines) is 1. The number of carbonyl (C=O) groups is 2. The number of rotatable bonds is 2. The van der Waals surface area contributed by atoms with Gasteiger partial charge in [-0.1, -0.05) is 0 Å². The predicted molar refractivity (Wildman–Crippen MR) is 85.0 cm³/mol. The summed E-state index contributed by atoms with van der Waals surface area (Å²) >= 11 is 0. The van der Waals surface area contributed by atoms with Gasteiger partial charge in [-0.05, 0) is 32.3 Å². The molecule has 7 nitrogen and oxygen atoms in total. The summed E-state index contributed by atoms with van der Waals surface area (Å²) in [5, 5.41) is 6.91. The van der Waals surface area contributed by atoms with E-state index in [1.165, 1.54) is 0 Å². The van der Waals surface area contributed by atoms with Gasteiger partial charge in [0, 0.05) is 32.5 Å². The van der Waals surface area contributed by atoms with Crippen LogP contribution in [0.1, 0.15) is 35.7 Å². The Hall–Kier alpha value is -2.44. The minimum absolute atomic E-state index is 0.0244. The Bertz CT molecular complexity index is 769. The van der Waals surface area contributed by atoms with Gasteiger partial charge in [0.2, 0.25) is 5.91 Å². The molecule has 2 aromatic rings. The number of piperidine rings is 1. The number of hydrogen-bond acceptors (Lipinski definition) is 4. The molecule has 1 atom stereocenters. The number of carbonyl (C=O) groups excluding carboxylic acids is 2. The van der Waals surface area contributed by atoms with Crippen LogP contribution in [0.25, 0.3) is 5.65 Å². The Morgan fingerprint density at radius 3 is 2.87 bits per heavy atom. The predicted octanol–water partition coefficient (Wildman–Crippen LogP) is 1.03. The van der Waals surface area contributed by atoms with E-state index in [1.54, 1.807) is 28.9 Å². The molecular formula is C16H21N5O2. The van der Waals surface area contributed by atoms with Crippen LogP contribution in [0.5, 0.6) is 0 Å². The second-order valence-corrected chi connectivity index (χ2v) is 6.43. The van der Waals surface area contributed by atoms with Gasteiger partial charge in [0.05, 0.1) is 11.6 Å². The summed E-state index contributed by atoms with van der Waals surface area (Å²) in [5.41, 5.74) is 1.46. The van der Waals surface area contributed by atoms with Crippen molar-refractivity contribution in [2.75, 3.05) is 20.1 Å². The van der Waals surface area contributed by atoms with Crippen molar-refractivity contribution in [3.05, 3.63) is 29.7 Å². The van der Waals surface area contributed by atoms with Crippen LogP contribution in [0.3, 0.4) is 0 Å². The molecule has 1 N–H and O–H groups in total. The first-order chi connectivity index (χ1) is 10.9. The van der Waals surface area contributed by atoms with E-state index in [4.69, 9.17) is 0 Å². The van der Waals surface area contributed by atoms with Gasteiger partial charge < -0.3 is 10.2 Å². The van der Waals surface area contributed by atoms with Gasteiger partial charge >= 0.3 is 0 Å². The molecule has 0 spiro atoms. The normalized spacial score (nSPS) is 21.4. The third-order valence-corrected chi connectivity index (χ3v) is 4.47. The molecule has 23 heavy (non-hydrogen) atoms. The summed E-state index contributed by atoms with van der Waals surface area (Å²) in [4.78, 5) is 31.0. The lowest BCUT2D eigenvalue weighted by Crippen LogP contribution is -2.51. The molecule has 3 heterocycles. The third-order valence-electron chi connectivity index (χ3n) is 4.47. The third kappa shape index (κ3) is 2.67. The number of hydrogen-bond donors (Lipinski definition) is 1. The zero-order valence-corrected chi connectivity index (χ0v) is 13.7.